The first-order chi connectivity index (χ1) is 31.3. The summed E-state index contributed by atoms with van der Waals surface area (Å²) in [6, 6.07) is 72.0. The van der Waals surface area contributed by atoms with Gasteiger partial charge in [-0.2, -0.15) is 10.0 Å². The standard InChI is InChI=1S/C61H48N2S/c1-61(2)52-39-42(29-35-49(52)50-36-34-46(40-53(50)61)62-57-21-11-13-23-59(57)64(3,4)60-24-14-12-22-58(60)62)26-25-41-27-30-43(31-28-41)47-37-38-56(51-18-8-7-17-48(47)51)63-54-19-9-5-15-44(54)32-33-45-16-6-10-20-55(45)63/h5-40H,1-4H3. The Hall–Kier alpha value is -7.33. The fourth-order valence-electron chi connectivity index (χ4n) is 10.6. The van der Waals surface area contributed by atoms with E-state index in [0.29, 0.717) is 0 Å². The van der Waals surface area contributed by atoms with Crippen LogP contribution in [0.3, 0.4) is 0 Å². The second kappa shape index (κ2) is 14.6. The van der Waals surface area contributed by atoms with Gasteiger partial charge in [0.05, 0.1) is 28.4 Å². The van der Waals surface area contributed by atoms with Gasteiger partial charge in [0.15, 0.2) is 0 Å². The normalized spacial score (nSPS) is 15.4. The SMILES string of the molecule is CC1(C)c2cc(C=Cc3ccc(-c4ccc(N5c6ccccc6C=Cc6ccccc65)c5ccccc45)cc3)ccc2-c2ccc(N3c4ccccc4S(C)(C)c4ccccc43)cc21. The zero-order chi connectivity index (χ0) is 43.2. The summed E-state index contributed by atoms with van der Waals surface area (Å²) in [4.78, 5) is 7.79. The van der Waals surface area contributed by atoms with Crippen LogP contribution < -0.4 is 9.80 Å². The second-order valence-corrected chi connectivity index (χ2v) is 21.7. The molecule has 2 heterocycles. The molecule has 308 valence electrons. The van der Waals surface area contributed by atoms with Crippen molar-refractivity contribution in [3.63, 3.8) is 0 Å². The highest BCUT2D eigenvalue weighted by molar-refractivity contribution is 8.33. The number of fused-ring (bicyclic) bond motifs is 8. The molecule has 64 heavy (non-hydrogen) atoms. The molecule has 0 unspecified atom stereocenters. The maximum Gasteiger partial charge on any atom is 0.0586 e. The fraction of sp³-hybridized carbons (Fsp3) is 0.0820. The lowest BCUT2D eigenvalue weighted by Crippen LogP contribution is -2.21. The molecule has 3 aliphatic rings. The monoisotopic (exact) mass is 840 g/mol. The Labute approximate surface area is 378 Å². The van der Waals surface area contributed by atoms with Crippen LogP contribution in [-0.4, -0.2) is 12.5 Å². The summed E-state index contributed by atoms with van der Waals surface area (Å²) in [6.45, 7) is 4.77. The molecule has 0 saturated heterocycles. The zero-order valence-corrected chi connectivity index (χ0v) is 37.4. The Bertz CT molecular complexity index is 3310. The van der Waals surface area contributed by atoms with E-state index in [9.17, 15) is 0 Å². The molecule has 1 aliphatic carbocycles. The van der Waals surface area contributed by atoms with E-state index in [0.717, 1.165) is 0 Å². The molecule has 0 spiro atoms. The zero-order valence-electron chi connectivity index (χ0n) is 36.6. The summed E-state index contributed by atoms with van der Waals surface area (Å²) < 4.78 is 0. The van der Waals surface area contributed by atoms with E-state index >= 15 is 0 Å². The smallest absolute Gasteiger partial charge is 0.0586 e. The molecule has 0 radical (unpaired) electrons. The maximum absolute atomic E-state index is 2.49. The van der Waals surface area contributed by atoms with Gasteiger partial charge in [-0.1, -0.05) is 178 Å². The van der Waals surface area contributed by atoms with Crippen molar-refractivity contribution in [2.75, 3.05) is 22.3 Å². The third kappa shape index (κ3) is 5.95. The number of hydrogen-bond donors (Lipinski definition) is 0. The van der Waals surface area contributed by atoms with Crippen molar-refractivity contribution in [1.29, 1.82) is 0 Å². The van der Waals surface area contributed by atoms with Crippen molar-refractivity contribution < 1.29 is 0 Å². The van der Waals surface area contributed by atoms with Crippen molar-refractivity contribution in [2.24, 2.45) is 0 Å². The van der Waals surface area contributed by atoms with Crippen LogP contribution in [0.5, 0.6) is 0 Å². The van der Waals surface area contributed by atoms with E-state index in [1.807, 2.05) is 0 Å². The Morgan fingerprint density at radius 3 is 1.56 bits per heavy atom. The molecule has 0 amide bonds. The van der Waals surface area contributed by atoms with Gasteiger partial charge in [0.1, 0.15) is 0 Å². The Kier molecular flexibility index (Phi) is 8.76. The lowest BCUT2D eigenvalue weighted by atomic mass is 9.81. The first-order valence-electron chi connectivity index (χ1n) is 22.2. The summed E-state index contributed by atoms with van der Waals surface area (Å²) in [6.07, 6.45) is 13.8. The second-order valence-electron chi connectivity index (χ2n) is 18.2. The topological polar surface area (TPSA) is 6.48 Å². The first kappa shape index (κ1) is 38.4. The van der Waals surface area contributed by atoms with Crippen LogP contribution >= 0.6 is 10.0 Å². The van der Waals surface area contributed by atoms with Gasteiger partial charge in [0.2, 0.25) is 0 Å². The molecular weight excluding hydrogens is 793 g/mol. The molecular formula is C61H48N2S. The Morgan fingerprint density at radius 2 is 0.906 bits per heavy atom. The largest absolute Gasteiger partial charge is 0.309 e. The summed E-state index contributed by atoms with van der Waals surface area (Å²) in [5, 5.41) is 2.46. The summed E-state index contributed by atoms with van der Waals surface area (Å²) >= 11 is 0. The average molecular weight is 841 g/mol. The number of hydrogen-bond acceptors (Lipinski definition) is 2. The summed E-state index contributed by atoms with van der Waals surface area (Å²) in [5.41, 5.74) is 19.8. The molecule has 2 nitrogen and oxygen atoms in total. The van der Waals surface area contributed by atoms with Crippen molar-refractivity contribution in [3.05, 3.63) is 228 Å². The molecule has 12 rings (SSSR count). The van der Waals surface area contributed by atoms with Gasteiger partial charge in [-0.3, -0.25) is 0 Å². The molecule has 0 bridgehead atoms. The third-order valence-electron chi connectivity index (χ3n) is 13.9. The van der Waals surface area contributed by atoms with Gasteiger partial charge in [0.25, 0.3) is 0 Å². The average Bonchev–Trinajstić information content (AvgIpc) is 3.43. The van der Waals surface area contributed by atoms with E-state index in [1.54, 1.807) is 0 Å². The highest BCUT2D eigenvalue weighted by atomic mass is 32.3. The van der Waals surface area contributed by atoms with E-state index < -0.39 is 10.0 Å². The van der Waals surface area contributed by atoms with Gasteiger partial charge in [-0.05, 0) is 128 Å². The fourth-order valence-corrected chi connectivity index (χ4v) is 13.0. The lowest BCUT2D eigenvalue weighted by molar-refractivity contribution is 0.660. The van der Waals surface area contributed by atoms with Crippen molar-refractivity contribution in [1.82, 2.24) is 0 Å². The predicted molar refractivity (Wildman–Crippen MR) is 277 cm³/mol. The van der Waals surface area contributed by atoms with E-state index in [4.69, 9.17) is 0 Å². The minimum absolute atomic E-state index is 0.152. The quantitative estimate of drug-likeness (QED) is 0.159. The van der Waals surface area contributed by atoms with E-state index in [1.165, 1.54) is 110 Å². The minimum atomic E-state index is -1.15. The van der Waals surface area contributed by atoms with Gasteiger partial charge in [-0.15, -0.1) is 0 Å². The Balaban J connectivity index is 0.837. The van der Waals surface area contributed by atoms with Gasteiger partial charge in [-0.25, -0.2) is 0 Å². The molecule has 2 aliphatic heterocycles. The molecule has 0 saturated carbocycles. The van der Waals surface area contributed by atoms with Gasteiger partial charge in [0, 0.05) is 26.3 Å². The third-order valence-corrected chi connectivity index (χ3v) is 16.8. The summed E-state index contributed by atoms with van der Waals surface area (Å²) in [7, 11) is -1.15. The molecule has 0 N–H and O–H groups in total. The molecule has 0 atom stereocenters. The molecule has 3 heteroatoms. The van der Waals surface area contributed by atoms with Gasteiger partial charge < -0.3 is 9.80 Å². The lowest BCUT2D eigenvalue weighted by Gasteiger charge is -2.45. The van der Waals surface area contributed by atoms with E-state index in [-0.39, 0.29) is 5.41 Å². The van der Waals surface area contributed by atoms with Crippen LogP contribution in [0.2, 0.25) is 0 Å². The first-order valence-corrected chi connectivity index (χ1v) is 24.7. The van der Waals surface area contributed by atoms with Crippen LogP contribution in [0.15, 0.2) is 204 Å². The van der Waals surface area contributed by atoms with Gasteiger partial charge >= 0.3 is 0 Å². The Morgan fingerprint density at radius 1 is 0.406 bits per heavy atom. The van der Waals surface area contributed by atoms with Crippen LogP contribution in [0.4, 0.5) is 34.1 Å². The highest BCUT2D eigenvalue weighted by Crippen LogP contribution is 2.67. The van der Waals surface area contributed by atoms with E-state index in [2.05, 4.69) is 255 Å². The minimum Gasteiger partial charge on any atom is -0.309 e. The van der Waals surface area contributed by atoms with Crippen LogP contribution in [0.1, 0.15) is 47.2 Å². The summed E-state index contributed by atoms with van der Waals surface area (Å²) in [5.74, 6) is 0. The van der Waals surface area contributed by atoms with Crippen molar-refractivity contribution in [3.8, 4) is 22.3 Å². The number of nitrogens with zero attached hydrogens (tertiary/aromatic N) is 2. The number of para-hydroxylation sites is 4. The van der Waals surface area contributed by atoms with Crippen LogP contribution in [-0.2, 0) is 5.41 Å². The molecule has 9 aromatic rings. The molecule has 0 aromatic heterocycles. The van der Waals surface area contributed by atoms with Crippen molar-refractivity contribution >= 4 is 79.2 Å². The highest BCUT2D eigenvalue weighted by Gasteiger charge is 2.38. The van der Waals surface area contributed by atoms with Crippen LogP contribution in [0.25, 0.3) is 57.3 Å². The number of rotatable bonds is 5. The van der Waals surface area contributed by atoms with Crippen LogP contribution in [0, 0.1) is 0 Å². The maximum atomic E-state index is 2.49. The molecule has 0 fully saturated rings. The molecule has 9 aromatic carbocycles. The predicted octanol–water partition coefficient (Wildman–Crippen LogP) is 17.2. The number of anilines is 6. The van der Waals surface area contributed by atoms with Crippen molar-refractivity contribution in [2.45, 2.75) is 29.1 Å². The number of benzene rings is 9.